The largest absolute Gasteiger partial charge is 0.377 e. The van der Waals surface area contributed by atoms with Gasteiger partial charge in [-0.2, -0.15) is 0 Å². The van der Waals surface area contributed by atoms with Crippen LogP contribution in [0.15, 0.2) is 24.3 Å². The highest BCUT2D eigenvalue weighted by Gasteiger charge is 2.23. The Kier molecular flexibility index (Phi) is 6.02. The number of anilines is 1. The van der Waals surface area contributed by atoms with Gasteiger partial charge in [0.15, 0.2) is 0 Å². The number of rotatable bonds is 8. The van der Waals surface area contributed by atoms with Gasteiger partial charge in [-0.1, -0.05) is 19.1 Å². The molecule has 0 bridgehead atoms. The summed E-state index contributed by atoms with van der Waals surface area (Å²) in [5.74, 6) is 0.0345. The van der Waals surface area contributed by atoms with E-state index in [9.17, 15) is 8.42 Å². The Morgan fingerprint density at radius 3 is 2.67 bits per heavy atom. The molecule has 1 fully saturated rings. The average molecular weight is 312 g/mol. The van der Waals surface area contributed by atoms with E-state index >= 15 is 0 Å². The van der Waals surface area contributed by atoms with Crippen LogP contribution in [-0.4, -0.2) is 33.4 Å². The number of ether oxygens (including phenoxy) is 1. The lowest BCUT2D eigenvalue weighted by Gasteiger charge is -2.12. The molecule has 1 aliphatic rings. The molecule has 1 aromatic carbocycles. The smallest absolute Gasteiger partial charge is 0.235 e. The van der Waals surface area contributed by atoms with Crippen LogP contribution in [0.1, 0.15) is 31.7 Å². The van der Waals surface area contributed by atoms with Crippen LogP contribution >= 0.6 is 0 Å². The molecule has 1 unspecified atom stereocenters. The van der Waals surface area contributed by atoms with Crippen LogP contribution in [0.2, 0.25) is 0 Å². The Bertz CT molecular complexity index is 522. The van der Waals surface area contributed by atoms with Crippen molar-refractivity contribution in [1.29, 1.82) is 0 Å². The third-order valence-electron chi connectivity index (χ3n) is 3.41. The van der Waals surface area contributed by atoms with Crippen LogP contribution in [-0.2, 0) is 21.3 Å². The zero-order valence-corrected chi connectivity index (χ0v) is 13.3. The summed E-state index contributed by atoms with van der Waals surface area (Å²) in [6, 6.07) is 7.48. The normalized spacial score (nSPS) is 18.8. The van der Waals surface area contributed by atoms with Crippen LogP contribution in [0.25, 0.3) is 0 Å². The van der Waals surface area contributed by atoms with Crippen molar-refractivity contribution >= 4 is 15.7 Å². The topological polar surface area (TPSA) is 67.4 Å². The molecule has 0 aliphatic carbocycles. The van der Waals surface area contributed by atoms with Crippen molar-refractivity contribution in [2.45, 2.75) is 38.8 Å². The lowest BCUT2D eigenvalue weighted by Crippen LogP contribution is -2.25. The second-order valence-corrected chi connectivity index (χ2v) is 7.16. The third-order valence-corrected chi connectivity index (χ3v) is 4.77. The Balaban J connectivity index is 1.86. The predicted molar refractivity (Wildman–Crippen MR) is 84.8 cm³/mol. The minimum Gasteiger partial charge on any atom is -0.377 e. The molecule has 1 atom stereocenters. The fourth-order valence-electron chi connectivity index (χ4n) is 2.34. The summed E-state index contributed by atoms with van der Waals surface area (Å²) in [5.41, 5.74) is 1.75. The maximum Gasteiger partial charge on any atom is 0.235 e. The molecule has 1 aliphatic heterocycles. The summed E-state index contributed by atoms with van der Waals surface area (Å²) < 4.78 is 32.1. The Labute approximate surface area is 127 Å². The number of hydrogen-bond donors (Lipinski definition) is 2. The van der Waals surface area contributed by atoms with Crippen LogP contribution < -0.4 is 10.0 Å². The van der Waals surface area contributed by atoms with Crippen LogP contribution in [0.3, 0.4) is 0 Å². The summed E-state index contributed by atoms with van der Waals surface area (Å²) in [6.07, 6.45) is 2.70. The van der Waals surface area contributed by atoms with Gasteiger partial charge in [0.2, 0.25) is 10.0 Å². The lowest BCUT2D eigenvalue weighted by atomic mass is 10.2. The van der Waals surface area contributed by atoms with Gasteiger partial charge in [-0.15, -0.1) is 0 Å². The molecule has 0 amide bonds. The SMILES string of the molecule is CCCNCc1ccc(NS(=O)(=O)CC2CCCO2)cc1. The number of hydrogen-bond acceptors (Lipinski definition) is 4. The lowest BCUT2D eigenvalue weighted by molar-refractivity contribution is 0.127. The maximum atomic E-state index is 12.0. The molecule has 5 nitrogen and oxygen atoms in total. The molecular weight excluding hydrogens is 288 g/mol. The minimum atomic E-state index is -3.34. The molecule has 118 valence electrons. The Morgan fingerprint density at radius 2 is 2.05 bits per heavy atom. The van der Waals surface area contributed by atoms with Crippen LogP contribution in [0.5, 0.6) is 0 Å². The first-order valence-electron chi connectivity index (χ1n) is 7.51. The first kappa shape index (κ1) is 16.3. The van der Waals surface area contributed by atoms with E-state index in [2.05, 4.69) is 17.0 Å². The summed E-state index contributed by atoms with van der Waals surface area (Å²) in [7, 11) is -3.34. The van der Waals surface area contributed by atoms with Gasteiger partial charge < -0.3 is 10.1 Å². The average Bonchev–Trinajstić information content (AvgIpc) is 2.92. The molecule has 6 heteroatoms. The number of nitrogens with one attached hydrogen (secondary N) is 2. The van der Waals surface area contributed by atoms with Gasteiger partial charge in [0.05, 0.1) is 11.9 Å². The van der Waals surface area contributed by atoms with E-state index in [0.717, 1.165) is 37.9 Å². The van der Waals surface area contributed by atoms with E-state index in [1.807, 2.05) is 12.1 Å². The molecule has 0 radical (unpaired) electrons. The molecule has 1 aromatic rings. The van der Waals surface area contributed by atoms with E-state index in [-0.39, 0.29) is 11.9 Å². The van der Waals surface area contributed by atoms with Crippen molar-refractivity contribution < 1.29 is 13.2 Å². The van der Waals surface area contributed by atoms with Crippen molar-refractivity contribution in [3.63, 3.8) is 0 Å². The molecule has 2 rings (SSSR count). The first-order valence-corrected chi connectivity index (χ1v) is 9.16. The Morgan fingerprint density at radius 1 is 1.29 bits per heavy atom. The van der Waals surface area contributed by atoms with Gasteiger partial charge in [0, 0.05) is 18.8 Å². The summed E-state index contributed by atoms with van der Waals surface area (Å²) in [6.45, 7) is 4.57. The predicted octanol–water partition coefficient (Wildman–Crippen LogP) is 2.11. The molecule has 0 aromatic heterocycles. The fourth-order valence-corrected chi connectivity index (χ4v) is 3.67. The standard InChI is InChI=1S/C15H24N2O3S/c1-2-9-16-11-13-5-7-14(8-6-13)17-21(18,19)12-15-4-3-10-20-15/h5-8,15-17H,2-4,9-12H2,1H3. The van der Waals surface area contributed by atoms with E-state index in [0.29, 0.717) is 12.3 Å². The van der Waals surface area contributed by atoms with Gasteiger partial charge in [-0.25, -0.2) is 8.42 Å². The molecular formula is C15H24N2O3S. The fraction of sp³-hybridized carbons (Fsp3) is 0.600. The third kappa shape index (κ3) is 5.65. The van der Waals surface area contributed by atoms with Crippen molar-refractivity contribution in [3.8, 4) is 0 Å². The molecule has 1 saturated heterocycles. The zero-order valence-electron chi connectivity index (χ0n) is 12.5. The van der Waals surface area contributed by atoms with E-state index < -0.39 is 10.0 Å². The van der Waals surface area contributed by atoms with Gasteiger partial charge in [0.25, 0.3) is 0 Å². The van der Waals surface area contributed by atoms with Crippen LogP contribution in [0, 0.1) is 0 Å². The summed E-state index contributed by atoms with van der Waals surface area (Å²) in [4.78, 5) is 0. The molecule has 0 spiro atoms. The highest BCUT2D eigenvalue weighted by atomic mass is 32.2. The first-order chi connectivity index (χ1) is 10.1. The highest BCUT2D eigenvalue weighted by molar-refractivity contribution is 7.92. The zero-order chi connectivity index (χ0) is 15.1. The van der Waals surface area contributed by atoms with Crippen molar-refractivity contribution in [2.24, 2.45) is 0 Å². The second-order valence-electron chi connectivity index (χ2n) is 5.39. The number of benzene rings is 1. The van der Waals surface area contributed by atoms with Crippen molar-refractivity contribution in [2.75, 3.05) is 23.6 Å². The van der Waals surface area contributed by atoms with Gasteiger partial charge in [-0.3, -0.25) is 4.72 Å². The highest BCUT2D eigenvalue weighted by Crippen LogP contribution is 2.16. The molecule has 0 saturated carbocycles. The van der Waals surface area contributed by atoms with E-state index in [4.69, 9.17) is 4.74 Å². The molecule has 21 heavy (non-hydrogen) atoms. The van der Waals surface area contributed by atoms with Gasteiger partial charge >= 0.3 is 0 Å². The van der Waals surface area contributed by atoms with Crippen LogP contribution in [0.4, 0.5) is 5.69 Å². The van der Waals surface area contributed by atoms with E-state index in [1.165, 1.54) is 0 Å². The quantitative estimate of drug-likeness (QED) is 0.722. The van der Waals surface area contributed by atoms with Gasteiger partial charge in [-0.05, 0) is 43.5 Å². The summed E-state index contributed by atoms with van der Waals surface area (Å²) >= 11 is 0. The van der Waals surface area contributed by atoms with Crippen molar-refractivity contribution in [3.05, 3.63) is 29.8 Å². The van der Waals surface area contributed by atoms with Gasteiger partial charge in [0.1, 0.15) is 0 Å². The van der Waals surface area contributed by atoms with E-state index in [1.54, 1.807) is 12.1 Å². The summed E-state index contributed by atoms with van der Waals surface area (Å²) in [5, 5.41) is 3.31. The second kappa shape index (κ2) is 7.77. The monoisotopic (exact) mass is 312 g/mol. The number of sulfonamides is 1. The maximum absolute atomic E-state index is 12.0. The Hall–Kier alpha value is -1.11. The van der Waals surface area contributed by atoms with Crippen molar-refractivity contribution in [1.82, 2.24) is 5.32 Å². The minimum absolute atomic E-state index is 0.0345. The molecule has 2 N–H and O–H groups in total. The molecule has 1 heterocycles.